The van der Waals surface area contributed by atoms with Crippen LogP contribution < -0.4 is 11.1 Å². The maximum atomic E-state index is 11.8. The van der Waals surface area contributed by atoms with Crippen LogP contribution in [0.3, 0.4) is 0 Å². The summed E-state index contributed by atoms with van der Waals surface area (Å²) in [5, 5.41) is 5.27. The fraction of sp³-hybridized carbons (Fsp3) is 0.312. The Morgan fingerprint density at radius 3 is 2.74 bits per heavy atom. The van der Waals surface area contributed by atoms with E-state index in [1.54, 1.807) is 0 Å². The third-order valence-corrected chi connectivity index (χ3v) is 3.27. The van der Waals surface area contributed by atoms with Crippen LogP contribution in [0.25, 0.3) is 10.8 Å². The largest absolute Gasteiger partial charge is 0.351 e. The van der Waals surface area contributed by atoms with Gasteiger partial charge in [-0.3, -0.25) is 4.79 Å². The van der Waals surface area contributed by atoms with E-state index in [-0.39, 0.29) is 5.91 Å². The second-order valence-corrected chi connectivity index (χ2v) is 4.75. The Kier molecular flexibility index (Phi) is 4.53. The summed E-state index contributed by atoms with van der Waals surface area (Å²) in [4.78, 5) is 11.8. The standard InChI is InChI=1S/C16H20N2O/c1-2-6-15(17)16(19)18-11-13-9-5-8-12-7-3-4-10-14(12)13/h3-5,7-10,15H,2,6,11,17H2,1H3,(H,18,19). The van der Waals surface area contributed by atoms with E-state index in [9.17, 15) is 4.79 Å². The lowest BCUT2D eigenvalue weighted by molar-refractivity contribution is -0.122. The van der Waals surface area contributed by atoms with Gasteiger partial charge in [0, 0.05) is 6.54 Å². The summed E-state index contributed by atoms with van der Waals surface area (Å²) in [6.07, 6.45) is 1.64. The second kappa shape index (κ2) is 6.34. The maximum absolute atomic E-state index is 11.8. The van der Waals surface area contributed by atoms with Crippen molar-refractivity contribution in [2.45, 2.75) is 32.4 Å². The fourth-order valence-electron chi connectivity index (χ4n) is 2.20. The molecule has 0 fully saturated rings. The first-order chi connectivity index (χ1) is 9.22. The van der Waals surface area contributed by atoms with Gasteiger partial charge in [0.1, 0.15) is 0 Å². The molecular weight excluding hydrogens is 236 g/mol. The molecule has 0 spiro atoms. The van der Waals surface area contributed by atoms with Crippen LogP contribution in [0.2, 0.25) is 0 Å². The molecule has 0 saturated heterocycles. The molecule has 0 saturated carbocycles. The Balaban J connectivity index is 2.08. The van der Waals surface area contributed by atoms with Crippen LogP contribution in [0, 0.1) is 0 Å². The zero-order valence-electron chi connectivity index (χ0n) is 11.2. The number of nitrogens with one attached hydrogen (secondary N) is 1. The Labute approximate surface area is 113 Å². The quantitative estimate of drug-likeness (QED) is 0.864. The summed E-state index contributed by atoms with van der Waals surface area (Å²) in [5.41, 5.74) is 6.91. The normalized spacial score (nSPS) is 12.3. The topological polar surface area (TPSA) is 55.1 Å². The van der Waals surface area contributed by atoms with Crippen molar-refractivity contribution in [3.05, 3.63) is 48.0 Å². The number of hydrogen-bond acceptors (Lipinski definition) is 2. The minimum atomic E-state index is -0.403. The van der Waals surface area contributed by atoms with Gasteiger partial charge in [-0.2, -0.15) is 0 Å². The van der Waals surface area contributed by atoms with E-state index >= 15 is 0 Å². The molecule has 0 bridgehead atoms. The molecule has 2 aromatic rings. The molecule has 2 aromatic carbocycles. The average molecular weight is 256 g/mol. The number of carbonyl (C=O) groups excluding carboxylic acids is 1. The van der Waals surface area contributed by atoms with Crippen LogP contribution in [-0.4, -0.2) is 11.9 Å². The predicted molar refractivity (Wildman–Crippen MR) is 78.7 cm³/mol. The SMILES string of the molecule is CCCC(N)C(=O)NCc1cccc2ccccc12. The highest BCUT2D eigenvalue weighted by atomic mass is 16.2. The number of fused-ring (bicyclic) bond motifs is 1. The molecule has 0 aromatic heterocycles. The van der Waals surface area contributed by atoms with E-state index in [2.05, 4.69) is 23.5 Å². The molecule has 19 heavy (non-hydrogen) atoms. The van der Waals surface area contributed by atoms with E-state index in [4.69, 9.17) is 5.73 Å². The molecule has 1 atom stereocenters. The van der Waals surface area contributed by atoms with Crippen LogP contribution in [0.1, 0.15) is 25.3 Å². The van der Waals surface area contributed by atoms with Gasteiger partial charge in [0.2, 0.25) is 5.91 Å². The lowest BCUT2D eigenvalue weighted by Gasteiger charge is -2.12. The molecule has 3 heteroatoms. The number of hydrogen-bond donors (Lipinski definition) is 2. The summed E-state index contributed by atoms with van der Waals surface area (Å²) in [6.45, 7) is 2.55. The van der Waals surface area contributed by atoms with Gasteiger partial charge in [0.05, 0.1) is 6.04 Å². The minimum absolute atomic E-state index is 0.0743. The van der Waals surface area contributed by atoms with Crippen molar-refractivity contribution in [1.29, 1.82) is 0 Å². The summed E-state index contributed by atoms with van der Waals surface area (Å²) >= 11 is 0. The van der Waals surface area contributed by atoms with E-state index in [1.165, 1.54) is 10.8 Å². The highest BCUT2D eigenvalue weighted by Gasteiger charge is 2.11. The van der Waals surface area contributed by atoms with Crippen molar-refractivity contribution in [3.8, 4) is 0 Å². The number of amides is 1. The third kappa shape index (κ3) is 3.32. The summed E-state index contributed by atoms with van der Waals surface area (Å²) in [5.74, 6) is -0.0743. The second-order valence-electron chi connectivity index (χ2n) is 4.75. The van der Waals surface area contributed by atoms with Gasteiger partial charge >= 0.3 is 0 Å². The molecule has 0 aliphatic carbocycles. The Morgan fingerprint density at radius 2 is 1.95 bits per heavy atom. The first-order valence-corrected chi connectivity index (χ1v) is 6.72. The van der Waals surface area contributed by atoms with Gasteiger partial charge in [-0.1, -0.05) is 55.8 Å². The van der Waals surface area contributed by atoms with Crippen molar-refractivity contribution < 1.29 is 4.79 Å². The summed E-state index contributed by atoms with van der Waals surface area (Å²) < 4.78 is 0. The van der Waals surface area contributed by atoms with E-state index in [1.807, 2.05) is 31.2 Å². The minimum Gasteiger partial charge on any atom is -0.351 e. The first kappa shape index (κ1) is 13.6. The summed E-state index contributed by atoms with van der Waals surface area (Å²) in [6, 6.07) is 13.9. The lowest BCUT2D eigenvalue weighted by Crippen LogP contribution is -2.40. The van der Waals surface area contributed by atoms with E-state index < -0.39 is 6.04 Å². The van der Waals surface area contributed by atoms with Crippen LogP contribution in [0.15, 0.2) is 42.5 Å². The van der Waals surface area contributed by atoms with Crippen molar-refractivity contribution >= 4 is 16.7 Å². The number of nitrogens with two attached hydrogens (primary N) is 1. The Bertz CT molecular complexity index is 560. The maximum Gasteiger partial charge on any atom is 0.237 e. The fourth-order valence-corrected chi connectivity index (χ4v) is 2.20. The van der Waals surface area contributed by atoms with E-state index in [0.717, 1.165) is 18.4 Å². The monoisotopic (exact) mass is 256 g/mol. The van der Waals surface area contributed by atoms with Crippen LogP contribution in [-0.2, 0) is 11.3 Å². The first-order valence-electron chi connectivity index (χ1n) is 6.72. The Morgan fingerprint density at radius 1 is 1.21 bits per heavy atom. The molecule has 0 aliphatic rings. The van der Waals surface area contributed by atoms with Gasteiger partial charge < -0.3 is 11.1 Å². The van der Waals surface area contributed by atoms with Gasteiger partial charge in [-0.05, 0) is 22.8 Å². The molecule has 3 N–H and O–H groups in total. The Hall–Kier alpha value is -1.87. The zero-order chi connectivity index (χ0) is 13.7. The van der Waals surface area contributed by atoms with Gasteiger partial charge in [-0.15, -0.1) is 0 Å². The molecule has 100 valence electrons. The predicted octanol–water partition coefficient (Wildman–Crippen LogP) is 2.58. The van der Waals surface area contributed by atoms with Crippen molar-refractivity contribution in [1.82, 2.24) is 5.32 Å². The molecule has 0 heterocycles. The average Bonchev–Trinajstić information content (AvgIpc) is 2.45. The van der Waals surface area contributed by atoms with Crippen LogP contribution >= 0.6 is 0 Å². The molecule has 3 nitrogen and oxygen atoms in total. The van der Waals surface area contributed by atoms with Gasteiger partial charge in [0.15, 0.2) is 0 Å². The number of benzene rings is 2. The number of carbonyl (C=O) groups is 1. The summed E-state index contributed by atoms with van der Waals surface area (Å²) in [7, 11) is 0. The number of rotatable bonds is 5. The van der Waals surface area contributed by atoms with Crippen LogP contribution in [0.4, 0.5) is 0 Å². The molecule has 0 aliphatic heterocycles. The molecule has 1 unspecified atom stereocenters. The third-order valence-electron chi connectivity index (χ3n) is 3.27. The smallest absolute Gasteiger partial charge is 0.237 e. The van der Waals surface area contributed by atoms with E-state index in [0.29, 0.717) is 6.54 Å². The lowest BCUT2D eigenvalue weighted by atomic mass is 10.0. The van der Waals surface area contributed by atoms with Gasteiger partial charge in [-0.25, -0.2) is 0 Å². The molecule has 2 rings (SSSR count). The van der Waals surface area contributed by atoms with Crippen molar-refractivity contribution in [2.75, 3.05) is 0 Å². The molecular formula is C16H20N2O. The molecule has 1 amide bonds. The highest BCUT2D eigenvalue weighted by molar-refractivity contribution is 5.86. The van der Waals surface area contributed by atoms with Crippen molar-refractivity contribution in [2.24, 2.45) is 5.73 Å². The van der Waals surface area contributed by atoms with Crippen LogP contribution in [0.5, 0.6) is 0 Å². The van der Waals surface area contributed by atoms with Crippen molar-refractivity contribution in [3.63, 3.8) is 0 Å². The highest BCUT2D eigenvalue weighted by Crippen LogP contribution is 2.18. The molecule has 0 radical (unpaired) electrons. The van der Waals surface area contributed by atoms with Gasteiger partial charge in [0.25, 0.3) is 0 Å². The zero-order valence-corrected chi connectivity index (χ0v) is 11.2.